The lowest BCUT2D eigenvalue weighted by atomic mass is 10.1. The first-order valence-corrected chi connectivity index (χ1v) is 4.29. The summed E-state index contributed by atoms with van der Waals surface area (Å²) in [6.07, 6.45) is 7.60. The van der Waals surface area contributed by atoms with Gasteiger partial charge in [-0.1, -0.05) is 19.3 Å². The molecule has 11 heavy (non-hydrogen) atoms. The second-order valence-electron chi connectivity index (χ2n) is 3.03. The second kappa shape index (κ2) is 4.38. The molecular formula is C9H16N2. The molecule has 2 nitrogen and oxygen atoms in total. The number of terminal acetylenes is 1. The molecule has 2 heteroatoms. The third-order valence-electron chi connectivity index (χ3n) is 2.00. The van der Waals surface area contributed by atoms with Crippen LogP contribution in [0.25, 0.3) is 0 Å². The predicted molar refractivity (Wildman–Crippen MR) is 47.3 cm³/mol. The van der Waals surface area contributed by atoms with Crippen LogP contribution < -0.4 is 10.6 Å². The van der Waals surface area contributed by atoms with Gasteiger partial charge < -0.3 is 5.32 Å². The van der Waals surface area contributed by atoms with E-state index in [2.05, 4.69) is 23.5 Å². The monoisotopic (exact) mass is 152 g/mol. The van der Waals surface area contributed by atoms with E-state index in [1.807, 2.05) is 0 Å². The van der Waals surface area contributed by atoms with Crippen LogP contribution in [-0.4, -0.2) is 25.2 Å². The molecule has 1 heterocycles. The summed E-state index contributed by atoms with van der Waals surface area (Å²) in [5, 5.41) is 6.61. The van der Waals surface area contributed by atoms with Crippen LogP contribution in [0.4, 0.5) is 0 Å². The molecule has 0 aromatic carbocycles. The zero-order chi connectivity index (χ0) is 8.10. The Balaban J connectivity index is 2.15. The molecule has 0 aromatic heterocycles. The average Bonchev–Trinajstić information content (AvgIpc) is 1.94. The van der Waals surface area contributed by atoms with Crippen LogP contribution in [0, 0.1) is 12.3 Å². The van der Waals surface area contributed by atoms with Crippen molar-refractivity contribution in [3.63, 3.8) is 0 Å². The van der Waals surface area contributed by atoms with Gasteiger partial charge in [-0.3, -0.25) is 5.32 Å². The van der Waals surface area contributed by atoms with Crippen molar-refractivity contribution in [3.05, 3.63) is 0 Å². The van der Waals surface area contributed by atoms with E-state index in [9.17, 15) is 0 Å². The van der Waals surface area contributed by atoms with E-state index < -0.39 is 0 Å². The van der Waals surface area contributed by atoms with Gasteiger partial charge in [0.2, 0.25) is 0 Å². The summed E-state index contributed by atoms with van der Waals surface area (Å²) in [5.41, 5.74) is 0. The smallest absolute Gasteiger partial charge is 0.0689 e. The maximum atomic E-state index is 5.35. The second-order valence-corrected chi connectivity index (χ2v) is 3.03. The summed E-state index contributed by atoms with van der Waals surface area (Å²) in [6.45, 7) is 4.30. The summed E-state index contributed by atoms with van der Waals surface area (Å²) in [4.78, 5) is 0. The van der Waals surface area contributed by atoms with Gasteiger partial charge in [-0.15, -0.1) is 6.42 Å². The molecule has 0 spiro atoms. The Morgan fingerprint density at radius 1 is 1.73 bits per heavy atom. The highest BCUT2D eigenvalue weighted by molar-refractivity contribution is 5.01. The standard InChI is InChI=1S/C9H16N2/c1-3-5-8(4-2)11-9-6-10-7-9/h2,8-11H,3,5-7H2,1H3. The van der Waals surface area contributed by atoms with E-state index in [-0.39, 0.29) is 6.04 Å². The molecule has 1 aliphatic heterocycles. The molecule has 1 fully saturated rings. The lowest BCUT2D eigenvalue weighted by Gasteiger charge is -2.30. The van der Waals surface area contributed by atoms with Gasteiger partial charge in [0.05, 0.1) is 6.04 Å². The minimum atomic E-state index is 0.284. The van der Waals surface area contributed by atoms with Crippen molar-refractivity contribution >= 4 is 0 Å². The van der Waals surface area contributed by atoms with Gasteiger partial charge in [-0.05, 0) is 6.42 Å². The number of rotatable bonds is 4. The van der Waals surface area contributed by atoms with E-state index in [1.165, 1.54) is 0 Å². The normalized spacial score (nSPS) is 20.4. The van der Waals surface area contributed by atoms with Crippen LogP contribution in [0.3, 0.4) is 0 Å². The Morgan fingerprint density at radius 2 is 2.45 bits per heavy atom. The molecule has 0 saturated carbocycles. The van der Waals surface area contributed by atoms with Crippen LogP contribution in [-0.2, 0) is 0 Å². The molecule has 0 radical (unpaired) electrons. The van der Waals surface area contributed by atoms with Crippen molar-refractivity contribution in [2.24, 2.45) is 0 Å². The summed E-state index contributed by atoms with van der Waals surface area (Å²) < 4.78 is 0. The molecule has 0 bridgehead atoms. The van der Waals surface area contributed by atoms with Crippen molar-refractivity contribution in [2.75, 3.05) is 13.1 Å². The lowest BCUT2D eigenvalue weighted by Crippen LogP contribution is -2.57. The fourth-order valence-electron chi connectivity index (χ4n) is 1.19. The van der Waals surface area contributed by atoms with Crippen LogP contribution in [0.15, 0.2) is 0 Å². The van der Waals surface area contributed by atoms with Gasteiger partial charge in [0, 0.05) is 19.1 Å². The van der Waals surface area contributed by atoms with Crippen molar-refractivity contribution < 1.29 is 0 Å². The van der Waals surface area contributed by atoms with E-state index in [4.69, 9.17) is 6.42 Å². The lowest BCUT2D eigenvalue weighted by molar-refractivity contribution is 0.343. The fraction of sp³-hybridized carbons (Fsp3) is 0.778. The van der Waals surface area contributed by atoms with Crippen molar-refractivity contribution in [3.8, 4) is 12.3 Å². The van der Waals surface area contributed by atoms with Crippen LogP contribution >= 0.6 is 0 Å². The Bertz CT molecular complexity index is 144. The fourth-order valence-corrected chi connectivity index (χ4v) is 1.19. The average molecular weight is 152 g/mol. The van der Waals surface area contributed by atoms with Crippen LogP contribution in [0.5, 0.6) is 0 Å². The largest absolute Gasteiger partial charge is 0.314 e. The van der Waals surface area contributed by atoms with Gasteiger partial charge in [-0.25, -0.2) is 0 Å². The van der Waals surface area contributed by atoms with E-state index in [1.54, 1.807) is 0 Å². The topological polar surface area (TPSA) is 24.1 Å². The summed E-state index contributed by atoms with van der Waals surface area (Å²) in [5.74, 6) is 2.76. The summed E-state index contributed by atoms with van der Waals surface area (Å²) >= 11 is 0. The third kappa shape index (κ3) is 2.53. The number of hydrogen-bond donors (Lipinski definition) is 2. The first-order chi connectivity index (χ1) is 5.36. The van der Waals surface area contributed by atoms with Crippen LogP contribution in [0.1, 0.15) is 19.8 Å². The summed E-state index contributed by atoms with van der Waals surface area (Å²) in [6, 6.07) is 0.898. The highest BCUT2D eigenvalue weighted by atomic mass is 15.1. The molecule has 2 N–H and O–H groups in total. The van der Waals surface area contributed by atoms with Crippen LogP contribution in [0.2, 0.25) is 0 Å². The Morgan fingerprint density at radius 3 is 2.82 bits per heavy atom. The minimum Gasteiger partial charge on any atom is -0.314 e. The third-order valence-corrected chi connectivity index (χ3v) is 2.00. The van der Waals surface area contributed by atoms with Gasteiger partial charge in [-0.2, -0.15) is 0 Å². The van der Waals surface area contributed by atoms with Gasteiger partial charge in [0.15, 0.2) is 0 Å². The van der Waals surface area contributed by atoms with Gasteiger partial charge >= 0.3 is 0 Å². The highest BCUT2D eigenvalue weighted by Crippen LogP contribution is 1.99. The minimum absolute atomic E-state index is 0.284. The molecule has 1 unspecified atom stereocenters. The van der Waals surface area contributed by atoms with Crippen molar-refractivity contribution in [1.29, 1.82) is 0 Å². The maximum Gasteiger partial charge on any atom is 0.0689 e. The molecular weight excluding hydrogens is 136 g/mol. The first-order valence-electron chi connectivity index (χ1n) is 4.29. The molecule has 1 rings (SSSR count). The number of nitrogens with one attached hydrogen (secondary N) is 2. The van der Waals surface area contributed by atoms with E-state index in [0.29, 0.717) is 6.04 Å². The molecule has 1 atom stereocenters. The zero-order valence-corrected chi connectivity index (χ0v) is 7.06. The molecule has 0 aromatic rings. The zero-order valence-electron chi connectivity index (χ0n) is 7.06. The first kappa shape index (κ1) is 8.58. The molecule has 1 saturated heterocycles. The highest BCUT2D eigenvalue weighted by Gasteiger charge is 2.18. The SMILES string of the molecule is C#CC(CCC)NC1CNC1. The quantitative estimate of drug-likeness (QED) is 0.568. The maximum absolute atomic E-state index is 5.35. The molecule has 0 amide bonds. The Hall–Kier alpha value is -0.520. The predicted octanol–water partition coefficient (Wildman–Crippen LogP) is 0.350. The number of hydrogen-bond acceptors (Lipinski definition) is 2. The molecule has 1 aliphatic rings. The van der Waals surface area contributed by atoms with E-state index >= 15 is 0 Å². The van der Waals surface area contributed by atoms with Crippen molar-refractivity contribution in [2.45, 2.75) is 31.8 Å². The van der Waals surface area contributed by atoms with Gasteiger partial charge in [0.1, 0.15) is 0 Å². The van der Waals surface area contributed by atoms with E-state index in [0.717, 1.165) is 25.9 Å². The molecule has 0 aliphatic carbocycles. The molecule has 62 valence electrons. The van der Waals surface area contributed by atoms with Crippen molar-refractivity contribution in [1.82, 2.24) is 10.6 Å². The van der Waals surface area contributed by atoms with Gasteiger partial charge in [0.25, 0.3) is 0 Å². The Kier molecular flexibility index (Phi) is 3.41. The summed E-state index contributed by atoms with van der Waals surface area (Å²) in [7, 11) is 0. The Labute approximate surface area is 68.8 Å².